The molecule has 0 amide bonds. The molecule has 3 aliphatic heterocycles. The van der Waals surface area contributed by atoms with Crippen molar-refractivity contribution in [3.63, 3.8) is 0 Å². The number of halogens is 3. The molecule has 2 aromatic carbocycles. The van der Waals surface area contributed by atoms with Crippen LogP contribution in [0.1, 0.15) is 12.0 Å². The summed E-state index contributed by atoms with van der Waals surface area (Å²) in [5.74, 6) is 0. The third-order valence-corrected chi connectivity index (χ3v) is 5.62. The van der Waals surface area contributed by atoms with Crippen molar-refractivity contribution in [2.45, 2.75) is 12.6 Å². The molecule has 0 saturated carbocycles. The maximum absolute atomic E-state index is 13.8. The number of hydrogen-bond acceptors (Lipinski definition) is 4. The van der Waals surface area contributed by atoms with E-state index in [0.717, 1.165) is 19.0 Å². The molecule has 3 aliphatic rings. The third-order valence-electron chi connectivity index (χ3n) is 5.62. The van der Waals surface area contributed by atoms with Crippen molar-refractivity contribution >= 4 is 16.6 Å². The molecular formula is C22H20F3N5O. The number of alkyl halides is 3. The molecule has 0 bridgehead atoms. The number of hydrogen-bond donors (Lipinski definition) is 2. The Morgan fingerprint density at radius 1 is 1.03 bits per heavy atom. The number of aromatic amines is 1. The summed E-state index contributed by atoms with van der Waals surface area (Å²) in [5, 5.41) is 7.98. The van der Waals surface area contributed by atoms with E-state index in [2.05, 4.69) is 15.4 Å². The molecule has 160 valence electrons. The third kappa shape index (κ3) is 3.44. The topological polar surface area (TPSA) is 66.0 Å². The van der Waals surface area contributed by atoms with Gasteiger partial charge in [0, 0.05) is 31.2 Å². The largest absolute Gasteiger partial charge is 0.416 e. The highest BCUT2D eigenvalue weighted by Gasteiger charge is 2.33. The minimum Gasteiger partial charge on any atom is -0.369 e. The van der Waals surface area contributed by atoms with Gasteiger partial charge in [-0.2, -0.15) is 23.0 Å². The number of H-pyrrole nitrogens is 1. The maximum atomic E-state index is 13.8. The zero-order chi connectivity index (χ0) is 21.6. The minimum absolute atomic E-state index is 0.249. The number of aromatic nitrogens is 3. The van der Waals surface area contributed by atoms with Crippen LogP contribution in [0.4, 0.5) is 18.9 Å². The number of fused-ring (bicyclic) bond motifs is 3. The second kappa shape index (κ2) is 7.42. The highest BCUT2D eigenvalue weighted by Crippen LogP contribution is 2.39. The molecule has 0 spiro atoms. The van der Waals surface area contributed by atoms with Crippen LogP contribution < -0.4 is 15.8 Å². The summed E-state index contributed by atoms with van der Waals surface area (Å²) in [4.78, 5) is 18.0. The zero-order valence-corrected chi connectivity index (χ0v) is 16.5. The Morgan fingerprint density at radius 3 is 2.61 bits per heavy atom. The van der Waals surface area contributed by atoms with Crippen molar-refractivity contribution in [1.29, 1.82) is 0 Å². The predicted octanol–water partition coefficient (Wildman–Crippen LogP) is 3.64. The van der Waals surface area contributed by atoms with Crippen molar-refractivity contribution in [1.82, 2.24) is 20.1 Å². The summed E-state index contributed by atoms with van der Waals surface area (Å²) in [6.45, 7) is 2.74. The van der Waals surface area contributed by atoms with E-state index in [1.54, 1.807) is 30.5 Å². The lowest BCUT2D eigenvalue weighted by molar-refractivity contribution is -0.137. The molecule has 0 atom stereocenters. The number of anilines is 1. The number of nitrogens with one attached hydrogen (secondary N) is 2. The number of rotatable bonds is 2. The minimum atomic E-state index is -4.52. The molecule has 1 saturated heterocycles. The van der Waals surface area contributed by atoms with Crippen molar-refractivity contribution in [2.75, 3.05) is 31.1 Å². The van der Waals surface area contributed by atoms with Crippen LogP contribution in [0.5, 0.6) is 0 Å². The summed E-state index contributed by atoms with van der Waals surface area (Å²) in [6.07, 6.45) is -2.15. The van der Waals surface area contributed by atoms with Crippen molar-refractivity contribution in [3.8, 4) is 16.9 Å². The molecule has 31 heavy (non-hydrogen) atoms. The Kier molecular flexibility index (Phi) is 4.70. The van der Waals surface area contributed by atoms with Gasteiger partial charge in [0.15, 0.2) is 0 Å². The van der Waals surface area contributed by atoms with Crippen LogP contribution in [0.3, 0.4) is 0 Å². The molecule has 5 rings (SSSR count). The Hall–Kier alpha value is -3.33. The molecule has 2 N–H and O–H groups in total. The van der Waals surface area contributed by atoms with Gasteiger partial charge < -0.3 is 15.2 Å². The van der Waals surface area contributed by atoms with Gasteiger partial charge in [-0.1, -0.05) is 18.2 Å². The molecule has 2 aromatic rings. The lowest BCUT2D eigenvalue weighted by atomic mass is 10.0. The fourth-order valence-electron chi connectivity index (χ4n) is 4.10. The van der Waals surface area contributed by atoms with Crippen molar-refractivity contribution < 1.29 is 13.2 Å². The van der Waals surface area contributed by atoms with Gasteiger partial charge in [0.2, 0.25) is 0 Å². The first kappa shape index (κ1) is 19.6. The van der Waals surface area contributed by atoms with E-state index < -0.39 is 11.7 Å². The summed E-state index contributed by atoms with van der Waals surface area (Å²) in [7, 11) is 0. The van der Waals surface area contributed by atoms with E-state index in [1.165, 1.54) is 10.7 Å². The Balaban J connectivity index is 1.79. The summed E-state index contributed by atoms with van der Waals surface area (Å²) in [6, 6.07) is 11.1. The first-order chi connectivity index (χ1) is 14.9. The average Bonchev–Trinajstić information content (AvgIpc) is 2.92. The molecule has 0 aliphatic carbocycles. The van der Waals surface area contributed by atoms with Gasteiger partial charge in [-0.15, -0.1) is 0 Å². The zero-order valence-electron chi connectivity index (χ0n) is 16.5. The van der Waals surface area contributed by atoms with E-state index in [0.29, 0.717) is 36.5 Å². The van der Waals surface area contributed by atoms with Gasteiger partial charge in [-0.25, -0.2) is 0 Å². The predicted molar refractivity (Wildman–Crippen MR) is 113 cm³/mol. The van der Waals surface area contributed by atoms with Crippen LogP contribution in [0, 0.1) is 0 Å². The lowest BCUT2D eigenvalue weighted by Crippen LogP contribution is -2.28. The summed E-state index contributed by atoms with van der Waals surface area (Å²) in [5.41, 5.74) is 0.939. The first-order valence-corrected chi connectivity index (χ1v) is 10.1. The van der Waals surface area contributed by atoms with Crippen LogP contribution in [0.25, 0.3) is 27.8 Å². The van der Waals surface area contributed by atoms with Gasteiger partial charge >= 0.3 is 6.18 Å². The number of benzene rings is 2. The van der Waals surface area contributed by atoms with Crippen molar-refractivity contribution in [2.24, 2.45) is 0 Å². The fourth-order valence-corrected chi connectivity index (χ4v) is 4.10. The van der Waals surface area contributed by atoms with Gasteiger partial charge in [0.25, 0.3) is 5.56 Å². The fraction of sp³-hybridized carbons (Fsp3) is 0.273. The molecule has 6 nitrogen and oxygen atoms in total. The summed E-state index contributed by atoms with van der Waals surface area (Å²) < 4.78 is 42.5. The van der Waals surface area contributed by atoms with Crippen molar-refractivity contribution in [3.05, 3.63) is 64.6 Å². The van der Waals surface area contributed by atoms with Crippen LogP contribution in [-0.4, -0.2) is 40.9 Å². The molecule has 1 fully saturated rings. The van der Waals surface area contributed by atoms with Crippen LogP contribution in [0.2, 0.25) is 0 Å². The van der Waals surface area contributed by atoms with Gasteiger partial charge in [0.05, 0.1) is 28.0 Å². The highest BCUT2D eigenvalue weighted by molar-refractivity contribution is 6.00. The smallest absolute Gasteiger partial charge is 0.369 e. The highest BCUT2D eigenvalue weighted by atomic mass is 19.4. The van der Waals surface area contributed by atoms with E-state index >= 15 is 0 Å². The van der Waals surface area contributed by atoms with Crippen LogP contribution >= 0.6 is 0 Å². The van der Waals surface area contributed by atoms with Gasteiger partial charge in [0.1, 0.15) is 5.69 Å². The lowest BCUT2D eigenvalue weighted by Gasteiger charge is -2.25. The van der Waals surface area contributed by atoms with Crippen LogP contribution in [0.15, 0.2) is 53.5 Å². The van der Waals surface area contributed by atoms with E-state index in [9.17, 15) is 18.0 Å². The first-order valence-electron chi connectivity index (χ1n) is 10.1. The van der Waals surface area contributed by atoms with E-state index in [-0.39, 0.29) is 22.2 Å². The standard InChI is InChI=1S/C22H20F3N5O/c23-22(24,25)14-11-16-19-17(21(31)30(28-19)15-5-2-1-3-6-15)13-27-20(16)18(12-14)29-9-4-7-26-8-10-29/h1-3,5-6,11-13,26-27H,4,7-10H2. The molecule has 0 unspecified atom stereocenters. The molecule has 3 heterocycles. The van der Waals surface area contributed by atoms with E-state index in [4.69, 9.17) is 0 Å². The number of pyridine rings is 1. The molecule has 9 heteroatoms. The normalized spacial score (nSPS) is 15.5. The molecular weight excluding hydrogens is 407 g/mol. The van der Waals surface area contributed by atoms with E-state index in [1.807, 2.05) is 11.0 Å². The monoisotopic (exact) mass is 427 g/mol. The Morgan fingerprint density at radius 2 is 1.84 bits per heavy atom. The maximum Gasteiger partial charge on any atom is 0.416 e. The average molecular weight is 427 g/mol. The van der Waals surface area contributed by atoms with Crippen LogP contribution in [-0.2, 0) is 6.18 Å². The SMILES string of the molecule is O=c1c2c[nH]c3c(N4CCCNCC4)cc(C(F)(F)F)cc3c-2nn1-c1ccccc1. The number of nitrogens with zero attached hydrogens (tertiary/aromatic N) is 3. The number of para-hydroxylation sites is 1. The Labute approximate surface area is 175 Å². The second-order valence-electron chi connectivity index (χ2n) is 7.61. The molecule has 0 radical (unpaired) electrons. The van der Waals surface area contributed by atoms with Gasteiger partial charge in [-0.05, 0) is 37.2 Å². The summed E-state index contributed by atoms with van der Waals surface area (Å²) >= 11 is 0. The Bertz CT molecular complexity index is 1250. The quantitative estimate of drug-likeness (QED) is 0.513. The van der Waals surface area contributed by atoms with Gasteiger partial charge in [-0.3, -0.25) is 4.79 Å². The molecule has 0 aromatic heterocycles. The second-order valence-corrected chi connectivity index (χ2v) is 7.61.